The van der Waals surface area contributed by atoms with E-state index in [0.717, 1.165) is 24.0 Å². The number of aryl methyl sites for hydroxylation is 1. The quantitative estimate of drug-likeness (QED) is 0.617. The van der Waals surface area contributed by atoms with Crippen molar-refractivity contribution in [2.45, 2.75) is 25.8 Å². The summed E-state index contributed by atoms with van der Waals surface area (Å²) in [4.78, 5) is 22.8. The van der Waals surface area contributed by atoms with Gasteiger partial charge in [-0.1, -0.05) is 36.4 Å². The Bertz CT molecular complexity index is 772. The molecule has 1 unspecified atom stereocenters. The lowest BCUT2D eigenvalue weighted by Crippen LogP contribution is -2.33. The van der Waals surface area contributed by atoms with Crippen molar-refractivity contribution >= 4 is 11.6 Å². The SMILES string of the molecule is Cc1ccc([N+](=O)[O-])c(OCC(=O)NC(c2ccccc2)C2CC2)c1. The maximum absolute atomic E-state index is 12.3. The highest BCUT2D eigenvalue weighted by Crippen LogP contribution is 2.40. The van der Waals surface area contributed by atoms with Crippen LogP contribution in [0.4, 0.5) is 5.69 Å². The minimum Gasteiger partial charge on any atom is -0.477 e. The average Bonchev–Trinajstić information content (AvgIpc) is 3.43. The second-order valence-electron chi connectivity index (χ2n) is 6.31. The van der Waals surface area contributed by atoms with E-state index >= 15 is 0 Å². The summed E-state index contributed by atoms with van der Waals surface area (Å²) in [5, 5.41) is 14.1. The van der Waals surface area contributed by atoms with Gasteiger partial charge in [-0.25, -0.2) is 0 Å². The fraction of sp³-hybridized carbons (Fsp3) is 0.316. The first-order valence-corrected chi connectivity index (χ1v) is 8.27. The van der Waals surface area contributed by atoms with Crippen molar-refractivity contribution in [3.63, 3.8) is 0 Å². The van der Waals surface area contributed by atoms with Crippen LogP contribution in [0.1, 0.15) is 30.0 Å². The number of nitro groups is 1. The Kier molecular flexibility index (Phi) is 4.97. The normalized spacial score (nSPS) is 14.6. The van der Waals surface area contributed by atoms with E-state index in [-0.39, 0.29) is 30.0 Å². The molecule has 1 fully saturated rings. The van der Waals surface area contributed by atoms with Gasteiger partial charge < -0.3 is 10.1 Å². The third kappa shape index (κ3) is 4.35. The number of benzene rings is 2. The topological polar surface area (TPSA) is 81.5 Å². The van der Waals surface area contributed by atoms with Gasteiger partial charge in [-0.2, -0.15) is 0 Å². The molecule has 6 nitrogen and oxygen atoms in total. The number of amides is 1. The Labute approximate surface area is 146 Å². The molecule has 0 spiro atoms. The number of nitro benzene ring substituents is 1. The summed E-state index contributed by atoms with van der Waals surface area (Å²) in [5.74, 6) is 0.277. The second kappa shape index (κ2) is 7.34. The Morgan fingerprint density at radius 3 is 2.64 bits per heavy atom. The van der Waals surface area contributed by atoms with Crippen molar-refractivity contribution < 1.29 is 14.5 Å². The summed E-state index contributed by atoms with van der Waals surface area (Å²) < 4.78 is 5.42. The van der Waals surface area contributed by atoms with Crippen molar-refractivity contribution in [3.05, 3.63) is 69.8 Å². The van der Waals surface area contributed by atoms with E-state index in [4.69, 9.17) is 4.74 Å². The standard InChI is InChI=1S/C19H20N2O4/c1-13-7-10-16(21(23)24)17(11-13)25-12-18(22)20-19(15-8-9-15)14-5-3-2-4-6-14/h2-7,10-11,15,19H,8-9,12H2,1H3,(H,20,22). The van der Waals surface area contributed by atoms with Crippen molar-refractivity contribution in [2.24, 2.45) is 5.92 Å². The van der Waals surface area contributed by atoms with Crippen LogP contribution in [0.3, 0.4) is 0 Å². The number of hydrogen-bond acceptors (Lipinski definition) is 4. The molecular formula is C19H20N2O4. The smallest absolute Gasteiger partial charge is 0.310 e. The largest absolute Gasteiger partial charge is 0.477 e. The first-order chi connectivity index (χ1) is 12.0. The molecule has 130 valence electrons. The van der Waals surface area contributed by atoms with Gasteiger partial charge in [0.25, 0.3) is 5.91 Å². The molecule has 0 saturated heterocycles. The van der Waals surface area contributed by atoms with Crippen molar-refractivity contribution in [2.75, 3.05) is 6.61 Å². The molecule has 1 aliphatic rings. The molecule has 0 aliphatic heterocycles. The monoisotopic (exact) mass is 340 g/mol. The maximum atomic E-state index is 12.3. The van der Waals surface area contributed by atoms with Gasteiger partial charge in [0, 0.05) is 6.07 Å². The van der Waals surface area contributed by atoms with E-state index in [0.29, 0.717) is 5.92 Å². The lowest BCUT2D eigenvalue weighted by atomic mass is 10.0. The van der Waals surface area contributed by atoms with Crippen LogP contribution in [0.25, 0.3) is 0 Å². The summed E-state index contributed by atoms with van der Waals surface area (Å²) in [6.07, 6.45) is 2.17. The van der Waals surface area contributed by atoms with E-state index in [9.17, 15) is 14.9 Å². The van der Waals surface area contributed by atoms with Crippen LogP contribution >= 0.6 is 0 Å². The Balaban J connectivity index is 1.65. The molecule has 1 amide bonds. The number of nitrogens with zero attached hydrogens (tertiary/aromatic N) is 1. The fourth-order valence-electron chi connectivity index (χ4n) is 2.81. The number of nitrogens with one attached hydrogen (secondary N) is 1. The van der Waals surface area contributed by atoms with E-state index in [1.165, 1.54) is 6.07 Å². The summed E-state index contributed by atoms with van der Waals surface area (Å²) in [5.41, 5.74) is 1.77. The molecule has 0 bridgehead atoms. The van der Waals surface area contributed by atoms with Gasteiger partial charge in [0.15, 0.2) is 12.4 Å². The zero-order valence-electron chi connectivity index (χ0n) is 14.0. The number of carbonyl (C=O) groups excluding carboxylic acids is 1. The molecule has 2 aromatic carbocycles. The number of ether oxygens (including phenoxy) is 1. The second-order valence-corrected chi connectivity index (χ2v) is 6.31. The van der Waals surface area contributed by atoms with Crippen LogP contribution in [-0.4, -0.2) is 17.4 Å². The van der Waals surface area contributed by atoms with Gasteiger partial charge in [0.2, 0.25) is 0 Å². The first kappa shape index (κ1) is 17.0. The zero-order chi connectivity index (χ0) is 17.8. The Morgan fingerprint density at radius 1 is 1.28 bits per heavy atom. The van der Waals surface area contributed by atoms with Crippen molar-refractivity contribution in [3.8, 4) is 5.75 Å². The van der Waals surface area contributed by atoms with Crippen LogP contribution in [0, 0.1) is 23.0 Å². The van der Waals surface area contributed by atoms with Gasteiger partial charge in [0.05, 0.1) is 11.0 Å². The molecule has 2 aromatic rings. The summed E-state index contributed by atoms with van der Waals surface area (Å²) in [7, 11) is 0. The summed E-state index contributed by atoms with van der Waals surface area (Å²) in [6, 6.07) is 14.4. The molecule has 0 aromatic heterocycles. The molecule has 25 heavy (non-hydrogen) atoms. The van der Waals surface area contributed by atoms with Gasteiger partial charge in [-0.05, 0) is 42.9 Å². The van der Waals surface area contributed by atoms with Gasteiger partial charge >= 0.3 is 5.69 Å². The van der Waals surface area contributed by atoms with E-state index in [1.807, 2.05) is 37.3 Å². The van der Waals surface area contributed by atoms with Crippen LogP contribution in [0.15, 0.2) is 48.5 Å². The molecule has 0 heterocycles. The van der Waals surface area contributed by atoms with Crippen LogP contribution in [-0.2, 0) is 4.79 Å². The van der Waals surface area contributed by atoms with Crippen LogP contribution in [0.5, 0.6) is 5.75 Å². The molecule has 3 rings (SSSR count). The highest BCUT2D eigenvalue weighted by molar-refractivity contribution is 5.78. The van der Waals surface area contributed by atoms with Gasteiger partial charge in [-0.3, -0.25) is 14.9 Å². The fourth-order valence-corrected chi connectivity index (χ4v) is 2.81. The lowest BCUT2D eigenvalue weighted by molar-refractivity contribution is -0.385. The molecule has 1 aliphatic carbocycles. The minimum absolute atomic E-state index is 0.0372. The van der Waals surface area contributed by atoms with Crippen molar-refractivity contribution in [1.29, 1.82) is 0 Å². The highest BCUT2D eigenvalue weighted by atomic mass is 16.6. The van der Waals surface area contributed by atoms with Crippen LogP contribution in [0.2, 0.25) is 0 Å². The molecule has 1 saturated carbocycles. The summed E-state index contributed by atoms with van der Waals surface area (Å²) in [6.45, 7) is 1.57. The van der Waals surface area contributed by atoms with Gasteiger partial charge in [-0.15, -0.1) is 0 Å². The van der Waals surface area contributed by atoms with Crippen molar-refractivity contribution in [1.82, 2.24) is 5.32 Å². The molecule has 6 heteroatoms. The summed E-state index contributed by atoms with van der Waals surface area (Å²) >= 11 is 0. The lowest BCUT2D eigenvalue weighted by Gasteiger charge is -2.19. The Hall–Kier alpha value is -2.89. The average molecular weight is 340 g/mol. The predicted molar refractivity (Wildman–Crippen MR) is 93.4 cm³/mol. The number of rotatable bonds is 7. The number of hydrogen-bond donors (Lipinski definition) is 1. The first-order valence-electron chi connectivity index (χ1n) is 8.27. The minimum atomic E-state index is -0.510. The van der Waals surface area contributed by atoms with E-state index in [2.05, 4.69) is 5.32 Å². The van der Waals surface area contributed by atoms with Gasteiger partial charge in [0.1, 0.15) is 0 Å². The predicted octanol–water partition coefficient (Wildman–Crippen LogP) is 3.55. The zero-order valence-corrected chi connectivity index (χ0v) is 14.0. The number of carbonyl (C=O) groups is 1. The third-order valence-electron chi connectivity index (χ3n) is 4.24. The molecule has 1 N–H and O–H groups in total. The maximum Gasteiger partial charge on any atom is 0.310 e. The molecular weight excluding hydrogens is 320 g/mol. The van der Waals surface area contributed by atoms with E-state index in [1.54, 1.807) is 12.1 Å². The third-order valence-corrected chi connectivity index (χ3v) is 4.24. The Morgan fingerprint density at radius 2 is 2.00 bits per heavy atom. The molecule has 0 radical (unpaired) electrons. The van der Waals surface area contributed by atoms with E-state index < -0.39 is 4.92 Å². The van der Waals surface area contributed by atoms with Crippen LogP contribution < -0.4 is 10.1 Å². The highest BCUT2D eigenvalue weighted by Gasteiger charge is 2.33. The molecule has 1 atom stereocenters.